The number of anilines is 2. The first kappa shape index (κ1) is 29.8. The van der Waals surface area contributed by atoms with Gasteiger partial charge in [-0.15, -0.1) is 0 Å². The lowest BCUT2D eigenvalue weighted by molar-refractivity contribution is 0.524. The Balaban J connectivity index is 0.898. The number of allylic oxidation sites excluding steroid dienone is 3. The minimum atomic E-state index is 0.235. The highest BCUT2D eigenvalue weighted by Crippen LogP contribution is 2.49. The van der Waals surface area contributed by atoms with Gasteiger partial charge in [-0.25, -0.2) is 0 Å². The van der Waals surface area contributed by atoms with Crippen LogP contribution in [0, 0.1) is 0 Å². The fourth-order valence-corrected chi connectivity index (χ4v) is 9.38. The highest BCUT2D eigenvalue weighted by molar-refractivity contribution is 6.18. The first-order valence-electron chi connectivity index (χ1n) is 18.9. The highest BCUT2D eigenvalue weighted by atomic mass is 16.5. The van der Waals surface area contributed by atoms with E-state index in [9.17, 15) is 0 Å². The van der Waals surface area contributed by atoms with Crippen molar-refractivity contribution in [3.63, 3.8) is 0 Å². The van der Waals surface area contributed by atoms with Crippen LogP contribution in [0.3, 0.4) is 0 Å². The van der Waals surface area contributed by atoms with E-state index >= 15 is 0 Å². The molecule has 0 bridgehead atoms. The number of aryl methyl sites for hydroxylation is 1. The van der Waals surface area contributed by atoms with E-state index in [0.717, 1.165) is 51.3 Å². The van der Waals surface area contributed by atoms with Gasteiger partial charge in [0, 0.05) is 44.8 Å². The van der Waals surface area contributed by atoms with E-state index in [2.05, 4.69) is 179 Å². The predicted molar refractivity (Wildman–Crippen MR) is 222 cm³/mol. The van der Waals surface area contributed by atoms with Crippen LogP contribution in [-0.4, -0.2) is 10.6 Å². The molecule has 4 nitrogen and oxygen atoms in total. The summed E-state index contributed by atoms with van der Waals surface area (Å²) >= 11 is 0. The lowest BCUT2D eigenvalue weighted by Crippen LogP contribution is -2.28. The monoisotopic (exact) mass is 694 g/mol. The molecule has 6 aromatic carbocycles. The number of furan rings is 2. The molecule has 9 aromatic rings. The molecule has 12 rings (SSSR count). The summed E-state index contributed by atoms with van der Waals surface area (Å²) in [6.45, 7) is 0. The molecular formula is C50H34N2O2. The highest BCUT2D eigenvalue weighted by Gasteiger charge is 2.38. The summed E-state index contributed by atoms with van der Waals surface area (Å²) in [4.78, 5) is 2.47. The number of hydrogen-bond acceptors (Lipinski definition) is 3. The first-order chi connectivity index (χ1) is 26.8. The van der Waals surface area contributed by atoms with Crippen LogP contribution in [0.2, 0.25) is 0 Å². The summed E-state index contributed by atoms with van der Waals surface area (Å²) in [5.74, 6) is 0.830. The third-order valence-electron chi connectivity index (χ3n) is 11.8. The van der Waals surface area contributed by atoms with Gasteiger partial charge in [0.15, 0.2) is 0 Å². The molecule has 2 atom stereocenters. The molecule has 0 radical (unpaired) electrons. The Morgan fingerprint density at radius 3 is 2.09 bits per heavy atom. The minimum absolute atomic E-state index is 0.235. The van der Waals surface area contributed by atoms with Gasteiger partial charge >= 0.3 is 0 Å². The molecule has 54 heavy (non-hydrogen) atoms. The molecule has 4 heteroatoms. The molecule has 0 amide bonds. The maximum Gasteiger partial charge on any atom is 0.299 e. The topological polar surface area (TPSA) is 34.5 Å². The average molecular weight is 695 g/mol. The number of rotatable bonds is 4. The van der Waals surface area contributed by atoms with Crippen molar-refractivity contribution in [3.8, 4) is 16.8 Å². The van der Waals surface area contributed by atoms with E-state index in [1.165, 1.54) is 55.9 Å². The Kier molecular flexibility index (Phi) is 6.26. The van der Waals surface area contributed by atoms with Gasteiger partial charge in [0.05, 0.1) is 16.9 Å². The number of para-hydroxylation sites is 3. The largest absolute Gasteiger partial charge is 0.425 e. The average Bonchev–Trinajstić information content (AvgIpc) is 3.97. The van der Waals surface area contributed by atoms with E-state index in [0.29, 0.717) is 5.78 Å². The fourth-order valence-electron chi connectivity index (χ4n) is 9.38. The van der Waals surface area contributed by atoms with Gasteiger partial charge in [0.2, 0.25) is 0 Å². The van der Waals surface area contributed by atoms with Crippen LogP contribution in [0.5, 0.6) is 0 Å². The summed E-state index contributed by atoms with van der Waals surface area (Å²) in [7, 11) is 0. The maximum absolute atomic E-state index is 6.46. The van der Waals surface area contributed by atoms with Crippen molar-refractivity contribution in [1.29, 1.82) is 0 Å². The molecule has 0 saturated heterocycles. The Labute approximate surface area is 312 Å². The van der Waals surface area contributed by atoms with Crippen LogP contribution in [0.25, 0.3) is 72.5 Å². The number of fused-ring (bicyclic) bond motifs is 11. The Bertz CT molecular complexity index is 3060. The van der Waals surface area contributed by atoms with E-state index in [1.807, 2.05) is 0 Å². The number of aromatic nitrogens is 1. The Morgan fingerprint density at radius 2 is 1.28 bits per heavy atom. The van der Waals surface area contributed by atoms with Gasteiger partial charge in [0.1, 0.15) is 11.2 Å². The van der Waals surface area contributed by atoms with E-state index < -0.39 is 0 Å². The fraction of sp³-hybridized carbons (Fsp3) is 0.0800. The van der Waals surface area contributed by atoms with E-state index in [1.54, 1.807) is 0 Å². The van der Waals surface area contributed by atoms with Gasteiger partial charge in [-0.2, -0.15) is 0 Å². The molecule has 0 N–H and O–H groups in total. The molecule has 0 spiro atoms. The Morgan fingerprint density at radius 1 is 0.593 bits per heavy atom. The summed E-state index contributed by atoms with van der Waals surface area (Å²) in [6, 6.07) is 50.5. The molecule has 3 aromatic heterocycles. The minimum Gasteiger partial charge on any atom is -0.425 e. The van der Waals surface area contributed by atoms with Gasteiger partial charge in [0.25, 0.3) is 5.78 Å². The normalized spacial score (nSPS) is 17.4. The molecular weight excluding hydrogens is 661 g/mol. The van der Waals surface area contributed by atoms with Crippen molar-refractivity contribution in [2.45, 2.75) is 24.8 Å². The van der Waals surface area contributed by atoms with Crippen LogP contribution in [0.1, 0.15) is 34.7 Å². The molecule has 256 valence electrons. The maximum atomic E-state index is 6.46. The van der Waals surface area contributed by atoms with Crippen LogP contribution >= 0.6 is 0 Å². The quantitative estimate of drug-likeness (QED) is 0.184. The predicted octanol–water partition coefficient (Wildman–Crippen LogP) is 13.2. The van der Waals surface area contributed by atoms with Gasteiger partial charge in [-0.3, -0.25) is 0 Å². The van der Waals surface area contributed by atoms with Crippen molar-refractivity contribution in [3.05, 3.63) is 186 Å². The molecule has 3 aliphatic rings. The second kappa shape index (κ2) is 11.4. The van der Waals surface area contributed by atoms with Gasteiger partial charge in [-0.05, 0) is 119 Å². The first-order valence-corrected chi connectivity index (χ1v) is 18.9. The SMILES string of the molecule is C1=Cc2c(c3cc(-c4ccc5c(c4)oc4oc6cc(C7=CC8c9ccccc9N(c9ccccc9)C8C=C7)ccc6c45)ccc3n2-c2ccccc2)CC1. The molecule has 0 saturated carbocycles. The second-order valence-electron chi connectivity index (χ2n) is 14.8. The lowest BCUT2D eigenvalue weighted by atomic mass is 9.86. The van der Waals surface area contributed by atoms with Crippen molar-refractivity contribution >= 4 is 67.0 Å². The van der Waals surface area contributed by atoms with Gasteiger partial charge in [-0.1, -0.05) is 97.1 Å². The zero-order valence-electron chi connectivity index (χ0n) is 29.4. The van der Waals surface area contributed by atoms with Gasteiger partial charge < -0.3 is 18.3 Å². The molecule has 2 unspecified atom stereocenters. The zero-order chi connectivity index (χ0) is 35.3. The number of nitrogens with zero attached hydrogens (tertiary/aromatic N) is 2. The molecule has 4 heterocycles. The van der Waals surface area contributed by atoms with Crippen molar-refractivity contribution in [1.82, 2.24) is 4.57 Å². The van der Waals surface area contributed by atoms with E-state index in [4.69, 9.17) is 8.83 Å². The summed E-state index contributed by atoms with van der Waals surface area (Å²) in [5, 5.41) is 4.49. The smallest absolute Gasteiger partial charge is 0.299 e. The third kappa shape index (κ3) is 4.31. The molecule has 1 aliphatic heterocycles. The number of hydrogen-bond donors (Lipinski definition) is 0. The second-order valence-corrected chi connectivity index (χ2v) is 14.8. The van der Waals surface area contributed by atoms with Crippen LogP contribution < -0.4 is 4.90 Å². The number of benzene rings is 6. The third-order valence-corrected chi connectivity index (χ3v) is 11.8. The standard InChI is InChI=1S/C50H34N2O2/c1-3-11-35(12-4-1)51-43-17-9-7-15-37(43)41-27-31(21-25-45(41)51)33-19-23-39-47(29-33)53-50-49(39)40-24-20-34(30-48(40)54-50)32-22-26-46-42(28-32)38-16-8-10-18-44(38)52(46)36-13-5-2-6-14-36/h1-7,9-15,17-30,41,45H,8,16H2. The summed E-state index contributed by atoms with van der Waals surface area (Å²) < 4.78 is 15.3. The molecule has 2 aliphatic carbocycles. The zero-order valence-corrected chi connectivity index (χ0v) is 29.4. The Hall–Kier alpha value is -6.78. The summed E-state index contributed by atoms with van der Waals surface area (Å²) in [5.41, 5.74) is 15.3. The lowest BCUT2D eigenvalue weighted by Gasteiger charge is -2.29. The van der Waals surface area contributed by atoms with Crippen LogP contribution in [0.15, 0.2) is 173 Å². The van der Waals surface area contributed by atoms with Crippen molar-refractivity contribution in [2.24, 2.45) is 0 Å². The molecule has 0 fully saturated rings. The summed E-state index contributed by atoms with van der Waals surface area (Å²) in [6.07, 6.45) is 13.7. The van der Waals surface area contributed by atoms with Crippen molar-refractivity contribution < 1.29 is 8.83 Å². The van der Waals surface area contributed by atoms with Crippen LogP contribution in [-0.2, 0) is 6.42 Å². The van der Waals surface area contributed by atoms with E-state index in [-0.39, 0.29) is 12.0 Å². The van der Waals surface area contributed by atoms with Crippen molar-refractivity contribution in [2.75, 3.05) is 4.90 Å². The van der Waals surface area contributed by atoms with Crippen LogP contribution in [0.4, 0.5) is 11.4 Å².